The lowest BCUT2D eigenvalue weighted by molar-refractivity contribution is 0.595. The van der Waals surface area contributed by atoms with Crippen molar-refractivity contribution in [3.05, 3.63) is 34.4 Å². The van der Waals surface area contributed by atoms with Crippen molar-refractivity contribution in [2.24, 2.45) is 0 Å². The minimum atomic E-state index is -0.269. The van der Waals surface area contributed by atoms with Crippen molar-refractivity contribution in [3.8, 4) is 11.4 Å². The highest BCUT2D eigenvalue weighted by atomic mass is 32.1. The van der Waals surface area contributed by atoms with Crippen LogP contribution in [-0.2, 0) is 0 Å². The first-order valence-electron chi connectivity index (χ1n) is 5.44. The molecule has 1 aromatic carbocycles. The molecule has 0 unspecified atom stereocenters. The van der Waals surface area contributed by atoms with Gasteiger partial charge in [0, 0.05) is 11.6 Å². The summed E-state index contributed by atoms with van der Waals surface area (Å²) in [6.45, 7) is 5.96. The summed E-state index contributed by atoms with van der Waals surface area (Å²) in [5.74, 6) is 0.414. The molecule has 0 aliphatic heterocycles. The molecule has 0 aliphatic rings. The van der Waals surface area contributed by atoms with E-state index in [9.17, 15) is 4.39 Å². The van der Waals surface area contributed by atoms with Crippen LogP contribution >= 0.6 is 12.2 Å². The summed E-state index contributed by atoms with van der Waals surface area (Å²) in [6, 6.07) is 4.85. The number of aromatic amines is 1. The SMILES string of the molecule is Cc1ccc(F)cc1-c1n[nH]c(=S)n1C(C)C. The molecule has 0 atom stereocenters. The fraction of sp³-hybridized carbons (Fsp3) is 0.333. The molecular formula is C12H14FN3S. The van der Waals surface area contributed by atoms with E-state index < -0.39 is 0 Å². The lowest BCUT2D eigenvalue weighted by Crippen LogP contribution is -2.04. The van der Waals surface area contributed by atoms with Gasteiger partial charge < -0.3 is 0 Å². The highest BCUT2D eigenvalue weighted by Crippen LogP contribution is 2.24. The van der Waals surface area contributed by atoms with E-state index in [1.165, 1.54) is 12.1 Å². The molecule has 5 heteroatoms. The second-order valence-electron chi connectivity index (χ2n) is 4.28. The van der Waals surface area contributed by atoms with Crippen LogP contribution in [0.2, 0.25) is 0 Å². The normalized spacial score (nSPS) is 11.1. The van der Waals surface area contributed by atoms with Crippen LogP contribution in [0.25, 0.3) is 11.4 Å². The second kappa shape index (κ2) is 4.41. The number of rotatable bonds is 2. The summed E-state index contributed by atoms with van der Waals surface area (Å²) in [6.07, 6.45) is 0. The van der Waals surface area contributed by atoms with Crippen molar-refractivity contribution in [2.75, 3.05) is 0 Å². The number of halogens is 1. The number of aromatic nitrogens is 3. The van der Waals surface area contributed by atoms with Crippen molar-refractivity contribution >= 4 is 12.2 Å². The minimum absolute atomic E-state index is 0.180. The number of nitrogens with one attached hydrogen (secondary N) is 1. The van der Waals surface area contributed by atoms with Crippen LogP contribution in [-0.4, -0.2) is 14.8 Å². The fourth-order valence-electron chi connectivity index (χ4n) is 1.81. The Morgan fingerprint density at radius 1 is 1.41 bits per heavy atom. The average molecular weight is 251 g/mol. The first-order valence-corrected chi connectivity index (χ1v) is 5.85. The van der Waals surface area contributed by atoms with Crippen molar-refractivity contribution in [2.45, 2.75) is 26.8 Å². The van der Waals surface area contributed by atoms with Gasteiger partial charge in [0.05, 0.1) is 0 Å². The Labute approximate surface area is 104 Å². The Morgan fingerprint density at radius 2 is 2.12 bits per heavy atom. The average Bonchev–Trinajstić information content (AvgIpc) is 2.64. The summed E-state index contributed by atoms with van der Waals surface area (Å²) < 4.78 is 15.7. The van der Waals surface area contributed by atoms with E-state index in [4.69, 9.17) is 12.2 Å². The Hall–Kier alpha value is -1.49. The molecule has 1 aromatic heterocycles. The molecule has 2 rings (SSSR count). The van der Waals surface area contributed by atoms with E-state index in [1.807, 2.05) is 25.3 Å². The van der Waals surface area contributed by atoms with Crippen LogP contribution in [0, 0.1) is 17.5 Å². The van der Waals surface area contributed by atoms with Gasteiger partial charge in [-0.2, -0.15) is 5.10 Å². The lowest BCUT2D eigenvalue weighted by atomic mass is 10.1. The van der Waals surface area contributed by atoms with E-state index in [2.05, 4.69) is 10.2 Å². The Kier molecular flexibility index (Phi) is 3.11. The molecular weight excluding hydrogens is 237 g/mol. The maximum absolute atomic E-state index is 13.3. The van der Waals surface area contributed by atoms with Crippen LogP contribution in [0.5, 0.6) is 0 Å². The summed E-state index contributed by atoms with van der Waals surface area (Å²) in [5.41, 5.74) is 1.74. The summed E-state index contributed by atoms with van der Waals surface area (Å²) in [7, 11) is 0. The van der Waals surface area contributed by atoms with Gasteiger partial charge in [-0.3, -0.25) is 9.67 Å². The third kappa shape index (κ3) is 2.15. The van der Waals surface area contributed by atoms with Crippen LogP contribution in [0.3, 0.4) is 0 Å². The monoisotopic (exact) mass is 251 g/mol. The number of aryl methyl sites for hydroxylation is 1. The van der Waals surface area contributed by atoms with E-state index in [0.717, 1.165) is 11.1 Å². The summed E-state index contributed by atoms with van der Waals surface area (Å²) >= 11 is 5.18. The van der Waals surface area contributed by atoms with Gasteiger partial charge in [-0.1, -0.05) is 6.07 Å². The molecule has 0 saturated carbocycles. The number of benzene rings is 1. The van der Waals surface area contributed by atoms with Gasteiger partial charge in [-0.05, 0) is 50.7 Å². The van der Waals surface area contributed by atoms with Crippen LogP contribution < -0.4 is 0 Å². The fourth-order valence-corrected chi connectivity index (χ4v) is 2.15. The number of hydrogen-bond donors (Lipinski definition) is 1. The van der Waals surface area contributed by atoms with Gasteiger partial charge in [0.2, 0.25) is 0 Å². The molecule has 90 valence electrons. The van der Waals surface area contributed by atoms with Crippen molar-refractivity contribution in [1.82, 2.24) is 14.8 Å². The molecule has 0 fully saturated rings. The van der Waals surface area contributed by atoms with Gasteiger partial charge in [0.25, 0.3) is 0 Å². The Balaban J connectivity index is 2.69. The molecule has 17 heavy (non-hydrogen) atoms. The molecule has 1 heterocycles. The highest BCUT2D eigenvalue weighted by Gasteiger charge is 2.13. The first kappa shape index (κ1) is 12.0. The van der Waals surface area contributed by atoms with Crippen molar-refractivity contribution < 1.29 is 4.39 Å². The molecule has 0 spiro atoms. The molecule has 0 saturated heterocycles. The maximum Gasteiger partial charge on any atom is 0.195 e. The predicted molar refractivity (Wildman–Crippen MR) is 67.9 cm³/mol. The third-order valence-corrected chi connectivity index (χ3v) is 2.95. The summed E-state index contributed by atoms with van der Waals surface area (Å²) in [4.78, 5) is 0. The number of hydrogen-bond acceptors (Lipinski definition) is 2. The van der Waals surface area contributed by atoms with Gasteiger partial charge in [0.15, 0.2) is 10.6 Å². The van der Waals surface area contributed by atoms with Crippen molar-refractivity contribution in [3.63, 3.8) is 0 Å². The smallest absolute Gasteiger partial charge is 0.195 e. The first-order chi connectivity index (χ1) is 8.00. The largest absolute Gasteiger partial charge is 0.298 e. The van der Waals surface area contributed by atoms with E-state index in [1.54, 1.807) is 6.07 Å². The quantitative estimate of drug-likeness (QED) is 0.827. The van der Waals surface area contributed by atoms with Gasteiger partial charge >= 0.3 is 0 Å². The van der Waals surface area contributed by atoms with E-state index in [-0.39, 0.29) is 11.9 Å². The van der Waals surface area contributed by atoms with Crippen LogP contribution in [0.4, 0.5) is 4.39 Å². The zero-order valence-electron chi connectivity index (χ0n) is 9.99. The molecule has 0 radical (unpaired) electrons. The zero-order valence-corrected chi connectivity index (χ0v) is 10.8. The zero-order chi connectivity index (χ0) is 12.6. The van der Waals surface area contributed by atoms with Crippen LogP contribution in [0.1, 0.15) is 25.5 Å². The van der Waals surface area contributed by atoms with Gasteiger partial charge in [0.1, 0.15) is 5.82 Å². The molecule has 0 amide bonds. The summed E-state index contributed by atoms with van der Waals surface area (Å²) in [5, 5.41) is 6.95. The van der Waals surface area contributed by atoms with Gasteiger partial charge in [-0.15, -0.1) is 0 Å². The molecule has 0 bridgehead atoms. The number of nitrogens with zero attached hydrogens (tertiary/aromatic N) is 2. The standard InChI is InChI=1S/C12H14FN3S/c1-7(2)16-11(14-15-12(16)17)10-6-9(13)5-4-8(10)3/h4-7H,1-3H3,(H,15,17). The number of H-pyrrole nitrogens is 1. The predicted octanol–water partition coefficient (Wildman–Crippen LogP) is 3.64. The Bertz CT molecular complexity index is 598. The van der Waals surface area contributed by atoms with Crippen molar-refractivity contribution in [1.29, 1.82) is 0 Å². The van der Waals surface area contributed by atoms with Gasteiger partial charge in [-0.25, -0.2) is 4.39 Å². The van der Waals surface area contributed by atoms with E-state index in [0.29, 0.717) is 10.6 Å². The third-order valence-electron chi connectivity index (χ3n) is 2.66. The topological polar surface area (TPSA) is 33.6 Å². The molecule has 2 aromatic rings. The molecule has 3 nitrogen and oxygen atoms in total. The molecule has 0 aliphatic carbocycles. The maximum atomic E-state index is 13.3. The second-order valence-corrected chi connectivity index (χ2v) is 4.66. The molecule has 1 N–H and O–H groups in total. The highest BCUT2D eigenvalue weighted by molar-refractivity contribution is 7.71. The minimum Gasteiger partial charge on any atom is -0.298 e. The van der Waals surface area contributed by atoms with E-state index >= 15 is 0 Å². The lowest BCUT2D eigenvalue weighted by Gasteiger charge is -2.11. The van der Waals surface area contributed by atoms with Crippen LogP contribution in [0.15, 0.2) is 18.2 Å². The Morgan fingerprint density at radius 3 is 2.76 bits per heavy atom.